The number of aromatic nitrogens is 1. The molecule has 0 N–H and O–H groups in total. The Morgan fingerprint density at radius 2 is 1.92 bits per heavy atom. The zero-order valence-electron chi connectivity index (χ0n) is 14.7. The quantitative estimate of drug-likeness (QED) is 0.659. The van der Waals surface area contributed by atoms with Gasteiger partial charge in [-0.2, -0.15) is 0 Å². The van der Waals surface area contributed by atoms with Gasteiger partial charge in [-0.3, -0.25) is 4.90 Å². The Bertz CT molecular complexity index is 858. The molecular formula is C21H21FN2O2. The maximum absolute atomic E-state index is 13.1. The molecule has 0 spiro atoms. The van der Waals surface area contributed by atoms with Crippen molar-refractivity contribution in [2.75, 3.05) is 13.7 Å². The smallest absolute Gasteiger partial charge is 0.209 e. The summed E-state index contributed by atoms with van der Waals surface area (Å²) in [6.45, 7) is 1.68. The second-order valence-electron chi connectivity index (χ2n) is 6.53. The van der Waals surface area contributed by atoms with Gasteiger partial charge in [0.2, 0.25) is 5.89 Å². The molecule has 4 rings (SSSR count). The van der Waals surface area contributed by atoms with Crippen molar-refractivity contribution < 1.29 is 13.5 Å². The van der Waals surface area contributed by atoms with Crippen molar-refractivity contribution >= 4 is 0 Å². The van der Waals surface area contributed by atoms with Crippen molar-refractivity contribution in [3.05, 3.63) is 72.0 Å². The molecule has 0 aliphatic carbocycles. The van der Waals surface area contributed by atoms with Crippen LogP contribution in [-0.4, -0.2) is 23.5 Å². The molecule has 1 atom stereocenters. The number of methoxy groups -OCH3 is 1. The molecule has 0 amide bonds. The molecule has 1 aromatic heterocycles. The normalized spacial score (nSPS) is 17.5. The number of oxazole rings is 1. The van der Waals surface area contributed by atoms with Gasteiger partial charge in [-0.1, -0.05) is 12.1 Å². The molecule has 4 nitrogen and oxygen atoms in total. The van der Waals surface area contributed by atoms with Gasteiger partial charge in [0.1, 0.15) is 11.6 Å². The summed E-state index contributed by atoms with van der Waals surface area (Å²) in [5.74, 6) is 1.97. The van der Waals surface area contributed by atoms with Crippen LogP contribution in [0.3, 0.4) is 0 Å². The Morgan fingerprint density at radius 1 is 1.15 bits per heavy atom. The largest absolute Gasteiger partial charge is 0.497 e. The van der Waals surface area contributed by atoms with Crippen molar-refractivity contribution in [1.82, 2.24) is 9.88 Å². The van der Waals surface area contributed by atoms with E-state index in [1.165, 1.54) is 17.7 Å². The minimum Gasteiger partial charge on any atom is -0.497 e. The predicted octanol–water partition coefficient (Wildman–Crippen LogP) is 4.83. The third kappa shape index (κ3) is 3.48. The third-order valence-corrected chi connectivity index (χ3v) is 4.88. The number of rotatable bonds is 5. The fourth-order valence-electron chi connectivity index (χ4n) is 3.52. The summed E-state index contributed by atoms with van der Waals surface area (Å²) in [6.07, 6.45) is 3.99. The first kappa shape index (κ1) is 16.8. The number of benzene rings is 2. The fraction of sp³-hybridized carbons (Fsp3) is 0.286. The molecule has 0 radical (unpaired) electrons. The molecule has 3 aromatic rings. The van der Waals surface area contributed by atoms with Gasteiger partial charge in [-0.15, -0.1) is 0 Å². The topological polar surface area (TPSA) is 38.5 Å². The summed E-state index contributed by atoms with van der Waals surface area (Å²) in [5, 5.41) is 0. The summed E-state index contributed by atoms with van der Waals surface area (Å²) in [4.78, 5) is 6.80. The Labute approximate surface area is 152 Å². The lowest BCUT2D eigenvalue weighted by Crippen LogP contribution is -2.22. The van der Waals surface area contributed by atoms with Crippen molar-refractivity contribution in [3.63, 3.8) is 0 Å². The fourth-order valence-corrected chi connectivity index (χ4v) is 3.52. The van der Waals surface area contributed by atoms with Crippen molar-refractivity contribution in [2.45, 2.75) is 25.4 Å². The van der Waals surface area contributed by atoms with Crippen molar-refractivity contribution in [2.24, 2.45) is 0 Å². The highest BCUT2D eigenvalue weighted by Gasteiger charge is 2.27. The van der Waals surface area contributed by atoms with Crippen LogP contribution < -0.4 is 4.74 Å². The van der Waals surface area contributed by atoms with E-state index in [0.717, 1.165) is 30.7 Å². The lowest BCUT2D eigenvalue weighted by molar-refractivity contribution is 0.224. The molecule has 26 heavy (non-hydrogen) atoms. The van der Waals surface area contributed by atoms with Gasteiger partial charge in [-0.05, 0) is 61.3 Å². The molecule has 134 valence electrons. The average molecular weight is 352 g/mol. The molecule has 0 saturated carbocycles. The van der Waals surface area contributed by atoms with E-state index in [2.05, 4.69) is 22.0 Å². The SMILES string of the molecule is COc1ccc(C2CCCN2Cc2ncc(-c3ccc(F)cc3)o2)cc1. The molecule has 0 bridgehead atoms. The number of likely N-dealkylation sites (tertiary alicyclic amines) is 1. The minimum atomic E-state index is -0.257. The highest BCUT2D eigenvalue weighted by atomic mass is 19.1. The molecular weight excluding hydrogens is 331 g/mol. The first-order valence-corrected chi connectivity index (χ1v) is 8.81. The maximum atomic E-state index is 13.1. The summed E-state index contributed by atoms with van der Waals surface area (Å²) in [6, 6.07) is 14.9. The second-order valence-corrected chi connectivity index (χ2v) is 6.53. The van der Waals surface area contributed by atoms with Crippen LogP contribution in [0.4, 0.5) is 4.39 Å². The summed E-state index contributed by atoms with van der Waals surface area (Å²) in [5.41, 5.74) is 2.12. The lowest BCUT2D eigenvalue weighted by atomic mass is 10.0. The molecule has 5 heteroatoms. The van der Waals surface area contributed by atoms with E-state index in [9.17, 15) is 4.39 Å². The van der Waals surface area contributed by atoms with E-state index in [-0.39, 0.29) is 5.82 Å². The van der Waals surface area contributed by atoms with E-state index < -0.39 is 0 Å². The van der Waals surface area contributed by atoms with Crippen LogP contribution in [0.5, 0.6) is 5.75 Å². The number of halogens is 1. The van der Waals surface area contributed by atoms with Crippen LogP contribution >= 0.6 is 0 Å². The van der Waals surface area contributed by atoms with Gasteiger partial charge in [0.25, 0.3) is 0 Å². The highest BCUT2D eigenvalue weighted by molar-refractivity contribution is 5.55. The van der Waals surface area contributed by atoms with Gasteiger partial charge < -0.3 is 9.15 Å². The van der Waals surface area contributed by atoms with Crippen molar-refractivity contribution in [1.29, 1.82) is 0 Å². The first-order valence-electron chi connectivity index (χ1n) is 8.81. The minimum absolute atomic E-state index is 0.257. The molecule has 2 aromatic carbocycles. The van der Waals surface area contributed by atoms with Gasteiger partial charge in [0.05, 0.1) is 19.9 Å². The van der Waals surface area contributed by atoms with E-state index in [0.29, 0.717) is 24.2 Å². The maximum Gasteiger partial charge on any atom is 0.209 e. The zero-order chi connectivity index (χ0) is 17.9. The first-order chi connectivity index (χ1) is 12.7. The molecule has 1 aliphatic rings. The number of hydrogen-bond acceptors (Lipinski definition) is 4. The summed E-state index contributed by atoms with van der Waals surface area (Å²) in [7, 11) is 1.68. The Kier molecular flexibility index (Phi) is 4.71. The predicted molar refractivity (Wildman–Crippen MR) is 97.3 cm³/mol. The molecule has 1 aliphatic heterocycles. The second kappa shape index (κ2) is 7.30. The monoisotopic (exact) mass is 352 g/mol. The average Bonchev–Trinajstić information content (AvgIpc) is 3.33. The Morgan fingerprint density at radius 3 is 2.65 bits per heavy atom. The molecule has 1 saturated heterocycles. The highest BCUT2D eigenvalue weighted by Crippen LogP contribution is 2.34. The van der Waals surface area contributed by atoms with Gasteiger partial charge in [0.15, 0.2) is 5.76 Å². The van der Waals surface area contributed by atoms with Crippen LogP contribution in [0.1, 0.15) is 30.3 Å². The summed E-state index contributed by atoms with van der Waals surface area (Å²) >= 11 is 0. The molecule has 1 unspecified atom stereocenters. The van der Waals surface area contributed by atoms with E-state index in [4.69, 9.17) is 9.15 Å². The number of hydrogen-bond donors (Lipinski definition) is 0. The number of ether oxygens (including phenoxy) is 1. The van der Waals surface area contributed by atoms with Crippen LogP contribution in [0.15, 0.2) is 59.1 Å². The lowest BCUT2D eigenvalue weighted by Gasteiger charge is -2.23. The van der Waals surface area contributed by atoms with Gasteiger partial charge in [0, 0.05) is 11.6 Å². The molecule has 1 fully saturated rings. The Balaban J connectivity index is 1.48. The van der Waals surface area contributed by atoms with E-state index in [1.54, 1.807) is 25.4 Å². The summed E-state index contributed by atoms with van der Waals surface area (Å²) < 4.78 is 24.2. The third-order valence-electron chi connectivity index (χ3n) is 4.88. The van der Waals surface area contributed by atoms with Crippen molar-refractivity contribution in [3.8, 4) is 17.1 Å². The van der Waals surface area contributed by atoms with Crippen LogP contribution in [0.2, 0.25) is 0 Å². The molecule has 2 heterocycles. The van der Waals surface area contributed by atoms with Crippen LogP contribution in [0, 0.1) is 5.82 Å². The standard InChI is InChI=1S/C21H21FN2O2/c1-25-18-10-6-15(7-11-18)19-3-2-12-24(19)14-21-23-13-20(26-21)16-4-8-17(22)9-5-16/h4-11,13,19H,2-3,12,14H2,1H3. The zero-order valence-corrected chi connectivity index (χ0v) is 14.7. The van der Waals surface area contributed by atoms with E-state index in [1.807, 2.05) is 12.1 Å². The Hall–Kier alpha value is -2.66. The van der Waals surface area contributed by atoms with Crippen LogP contribution in [-0.2, 0) is 6.54 Å². The van der Waals surface area contributed by atoms with Gasteiger partial charge >= 0.3 is 0 Å². The van der Waals surface area contributed by atoms with Crippen LogP contribution in [0.25, 0.3) is 11.3 Å². The van der Waals surface area contributed by atoms with E-state index >= 15 is 0 Å². The van der Waals surface area contributed by atoms with Gasteiger partial charge in [-0.25, -0.2) is 9.37 Å². The number of nitrogens with zero attached hydrogens (tertiary/aromatic N) is 2.